The Hall–Kier alpha value is -1.68. The molecule has 0 saturated carbocycles. The van der Waals surface area contributed by atoms with Crippen LogP contribution in [0.25, 0.3) is 0 Å². The van der Waals surface area contributed by atoms with Crippen molar-refractivity contribution in [2.45, 2.75) is 39.8 Å². The van der Waals surface area contributed by atoms with Crippen molar-refractivity contribution in [3.63, 3.8) is 0 Å². The summed E-state index contributed by atoms with van der Waals surface area (Å²) in [4.78, 5) is 4.79. The van der Waals surface area contributed by atoms with Crippen LogP contribution in [0.3, 0.4) is 0 Å². The lowest BCUT2D eigenvalue weighted by atomic mass is 10.00. The van der Waals surface area contributed by atoms with E-state index >= 15 is 0 Å². The molecule has 0 saturated heterocycles. The van der Waals surface area contributed by atoms with E-state index in [1.165, 1.54) is 22.3 Å². The number of aromatic nitrogens is 1. The van der Waals surface area contributed by atoms with Crippen LogP contribution in [0.4, 0.5) is 0 Å². The van der Waals surface area contributed by atoms with Crippen LogP contribution in [0, 0.1) is 20.8 Å². The monoisotopic (exact) mass is 342 g/mol. The number of rotatable bonds is 6. The van der Waals surface area contributed by atoms with Gasteiger partial charge in [0.1, 0.15) is 12.3 Å². The average molecular weight is 343 g/mol. The standard InChI is InChI=1S/C20H26N2OS/c1-14-10-15(2)18(16(3)11-14)12-22-8-5-6-19(22)20-21-17(13-23-20)7-9-24-4/h5-6,8,10-11,17H,7,9,12-13H2,1-4H3/t17-/m1/s1. The molecule has 2 aromatic rings. The first-order chi connectivity index (χ1) is 11.6. The molecule has 128 valence electrons. The van der Waals surface area contributed by atoms with E-state index in [4.69, 9.17) is 9.73 Å². The van der Waals surface area contributed by atoms with Gasteiger partial charge in [-0.05, 0) is 68.0 Å². The predicted octanol–water partition coefficient (Wildman–Crippen LogP) is 4.36. The first-order valence-corrected chi connectivity index (χ1v) is 9.89. The number of aliphatic imine (C=N–C) groups is 1. The minimum atomic E-state index is 0.304. The molecule has 0 unspecified atom stereocenters. The second kappa shape index (κ2) is 7.47. The van der Waals surface area contributed by atoms with Crippen molar-refractivity contribution in [3.05, 3.63) is 58.4 Å². The first-order valence-electron chi connectivity index (χ1n) is 8.50. The molecule has 3 rings (SSSR count). The van der Waals surface area contributed by atoms with Gasteiger partial charge in [0.2, 0.25) is 5.90 Å². The largest absolute Gasteiger partial charge is 0.474 e. The Kier molecular flexibility index (Phi) is 5.34. The Bertz CT molecular complexity index is 725. The van der Waals surface area contributed by atoms with E-state index in [1.807, 2.05) is 11.8 Å². The van der Waals surface area contributed by atoms with E-state index in [1.54, 1.807) is 0 Å². The quantitative estimate of drug-likeness (QED) is 0.780. The predicted molar refractivity (Wildman–Crippen MR) is 103 cm³/mol. The summed E-state index contributed by atoms with van der Waals surface area (Å²) in [5.41, 5.74) is 6.48. The zero-order valence-corrected chi connectivity index (χ0v) is 15.8. The maximum Gasteiger partial charge on any atom is 0.233 e. The molecule has 1 aliphatic heterocycles. The Morgan fingerprint density at radius 1 is 1.25 bits per heavy atom. The second-order valence-corrected chi connectivity index (χ2v) is 7.56. The molecule has 3 nitrogen and oxygen atoms in total. The fraction of sp³-hybridized carbons (Fsp3) is 0.450. The molecule has 0 N–H and O–H groups in total. The Morgan fingerprint density at radius 3 is 2.71 bits per heavy atom. The number of hydrogen-bond acceptors (Lipinski definition) is 3. The van der Waals surface area contributed by atoms with Crippen molar-refractivity contribution >= 4 is 17.7 Å². The highest BCUT2D eigenvalue weighted by Crippen LogP contribution is 2.21. The van der Waals surface area contributed by atoms with Crippen LogP contribution in [0.15, 0.2) is 35.5 Å². The molecular weight excluding hydrogens is 316 g/mol. The highest BCUT2D eigenvalue weighted by molar-refractivity contribution is 7.98. The van der Waals surface area contributed by atoms with Gasteiger partial charge in [0.15, 0.2) is 0 Å². The molecule has 0 fully saturated rings. The molecule has 1 aliphatic rings. The Labute approximate surface area is 149 Å². The lowest BCUT2D eigenvalue weighted by molar-refractivity contribution is 0.314. The van der Waals surface area contributed by atoms with Crippen LogP contribution in [0.5, 0.6) is 0 Å². The van der Waals surface area contributed by atoms with Crippen LogP contribution in [0.2, 0.25) is 0 Å². The molecule has 1 aromatic carbocycles. The topological polar surface area (TPSA) is 26.5 Å². The van der Waals surface area contributed by atoms with Gasteiger partial charge in [0, 0.05) is 12.7 Å². The van der Waals surface area contributed by atoms with Gasteiger partial charge < -0.3 is 9.30 Å². The Balaban J connectivity index is 1.82. The number of hydrogen-bond donors (Lipinski definition) is 0. The summed E-state index contributed by atoms with van der Waals surface area (Å²) in [6.45, 7) is 8.11. The summed E-state index contributed by atoms with van der Waals surface area (Å²) >= 11 is 1.87. The lowest BCUT2D eigenvalue weighted by Crippen LogP contribution is -2.12. The van der Waals surface area contributed by atoms with Gasteiger partial charge in [0.25, 0.3) is 0 Å². The smallest absolute Gasteiger partial charge is 0.233 e. The van der Waals surface area contributed by atoms with Crippen molar-refractivity contribution in [1.29, 1.82) is 0 Å². The number of aryl methyl sites for hydroxylation is 3. The van der Waals surface area contributed by atoms with Crippen LogP contribution in [-0.2, 0) is 11.3 Å². The lowest BCUT2D eigenvalue weighted by Gasteiger charge is -2.14. The van der Waals surface area contributed by atoms with Gasteiger partial charge >= 0.3 is 0 Å². The van der Waals surface area contributed by atoms with Crippen LogP contribution < -0.4 is 0 Å². The number of nitrogens with zero attached hydrogens (tertiary/aromatic N) is 2. The van der Waals surface area contributed by atoms with Crippen molar-refractivity contribution in [2.24, 2.45) is 4.99 Å². The molecule has 0 aliphatic carbocycles. The zero-order chi connectivity index (χ0) is 17.1. The minimum absolute atomic E-state index is 0.304. The van der Waals surface area contributed by atoms with E-state index < -0.39 is 0 Å². The second-order valence-electron chi connectivity index (χ2n) is 6.58. The van der Waals surface area contributed by atoms with Gasteiger partial charge in [-0.25, -0.2) is 4.99 Å². The highest BCUT2D eigenvalue weighted by Gasteiger charge is 2.22. The van der Waals surface area contributed by atoms with Crippen molar-refractivity contribution in [1.82, 2.24) is 4.57 Å². The third-order valence-electron chi connectivity index (χ3n) is 4.58. The zero-order valence-electron chi connectivity index (χ0n) is 15.0. The summed E-state index contributed by atoms with van der Waals surface area (Å²) in [5, 5.41) is 0. The fourth-order valence-electron chi connectivity index (χ4n) is 3.33. The van der Waals surface area contributed by atoms with E-state index in [0.717, 1.165) is 30.3 Å². The molecule has 0 bridgehead atoms. The molecule has 4 heteroatoms. The summed E-state index contributed by atoms with van der Waals surface area (Å²) in [7, 11) is 0. The summed E-state index contributed by atoms with van der Waals surface area (Å²) in [6.07, 6.45) is 5.34. The van der Waals surface area contributed by atoms with E-state index in [9.17, 15) is 0 Å². The Morgan fingerprint density at radius 2 is 2.00 bits per heavy atom. The van der Waals surface area contributed by atoms with Crippen LogP contribution in [-0.4, -0.2) is 35.1 Å². The summed E-state index contributed by atoms with van der Waals surface area (Å²) < 4.78 is 8.14. The third kappa shape index (κ3) is 3.69. The van der Waals surface area contributed by atoms with Crippen molar-refractivity contribution < 1.29 is 4.74 Å². The van der Waals surface area contributed by atoms with E-state index in [-0.39, 0.29) is 0 Å². The number of ether oxygens (including phenoxy) is 1. The highest BCUT2D eigenvalue weighted by atomic mass is 32.2. The SMILES string of the molecule is CSCC[C@@H]1COC(c2cccn2Cc2c(C)cc(C)cc2C)=N1. The third-order valence-corrected chi connectivity index (χ3v) is 5.23. The normalized spacial score (nSPS) is 17.0. The fourth-order valence-corrected chi connectivity index (χ4v) is 3.84. The first kappa shape index (κ1) is 17.2. The minimum Gasteiger partial charge on any atom is -0.474 e. The van der Waals surface area contributed by atoms with Crippen molar-refractivity contribution in [2.75, 3.05) is 18.6 Å². The number of benzene rings is 1. The van der Waals surface area contributed by atoms with Gasteiger partial charge in [0.05, 0.1) is 6.04 Å². The molecule has 24 heavy (non-hydrogen) atoms. The molecule has 0 amide bonds. The number of thioether (sulfide) groups is 1. The average Bonchev–Trinajstić information content (AvgIpc) is 3.17. The molecule has 0 radical (unpaired) electrons. The molecular formula is C20H26N2OS. The van der Waals surface area contributed by atoms with Crippen molar-refractivity contribution in [3.8, 4) is 0 Å². The van der Waals surface area contributed by atoms with Crippen LogP contribution in [0.1, 0.15) is 34.4 Å². The maximum absolute atomic E-state index is 5.88. The molecule has 2 heterocycles. The maximum atomic E-state index is 5.88. The van der Waals surface area contributed by atoms with Gasteiger partial charge in [-0.15, -0.1) is 0 Å². The van der Waals surface area contributed by atoms with Crippen LogP contribution >= 0.6 is 11.8 Å². The van der Waals surface area contributed by atoms with Gasteiger partial charge in [-0.2, -0.15) is 11.8 Å². The van der Waals surface area contributed by atoms with E-state index in [2.05, 4.69) is 62.1 Å². The molecule has 1 aromatic heterocycles. The summed E-state index contributed by atoms with van der Waals surface area (Å²) in [6, 6.07) is 9.00. The van der Waals surface area contributed by atoms with E-state index in [0.29, 0.717) is 12.6 Å². The van der Waals surface area contributed by atoms with Gasteiger partial charge in [-0.3, -0.25) is 0 Å². The van der Waals surface area contributed by atoms with Gasteiger partial charge in [-0.1, -0.05) is 17.7 Å². The molecule has 1 atom stereocenters. The molecule has 0 spiro atoms. The summed E-state index contributed by atoms with van der Waals surface area (Å²) in [5.74, 6) is 1.93.